The van der Waals surface area contributed by atoms with E-state index in [-0.39, 0.29) is 5.97 Å². The van der Waals surface area contributed by atoms with Gasteiger partial charge in [-0.05, 0) is 38.3 Å². The number of hydrogen-bond donors (Lipinski definition) is 0. The maximum absolute atomic E-state index is 11.1. The first kappa shape index (κ1) is 22.2. The second-order valence-electron chi connectivity index (χ2n) is 5.73. The largest absolute Gasteiger partial charge is 0.466 e. The highest BCUT2D eigenvalue weighted by Gasteiger charge is 1.97. The molecule has 0 aliphatic rings. The van der Waals surface area contributed by atoms with Gasteiger partial charge in [0.25, 0.3) is 0 Å². The highest BCUT2D eigenvalue weighted by Crippen LogP contribution is 2.08. The third-order valence-corrected chi connectivity index (χ3v) is 3.51. The van der Waals surface area contributed by atoms with Gasteiger partial charge in [-0.15, -0.1) is 0 Å². The summed E-state index contributed by atoms with van der Waals surface area (Å²) in [6.07, 6.45) is 23.4. The van der Waals surface area contributed by atoms with Crippen molar-refractivity contribution in [2.45, 2.75) is 78.1 Å². The maximum atomic E-state index is 11.1. The summed E-state index contributed by atoms with van der Waals surface area (Å²) >= 11 is 0. The standard InChI is InChI=1S/C22H34O2/c1-3-5-6-7-8-9-10-11-12-13-14-15-16-17-18-19-20-21-22(23)24-4-2/h12-14,17-19H,3-11,20-21H2,1-2H3/b13-12+,17-14?,19-18+. The fourth-order valence-corrected chi connectivity index (χ4v) is 2.17. The Kier molecular flexibility index (Phi) is 17.9. The first-order chi connectivity index (χ1) is 11.8. The summed E-state index contributed by atoms with van der Waals surface area (Å²) in [5.41, 5.74) is 5.92. The van der Waals surface area contributed by atoms with Gasteiger partial charge in [-0.1, -0.05) is 81.2 Å². The lowest BCUT2D eigenvalue weighted by Crippen LogP contribution is -2.02. The molecular weight excluding hydrogens is 296 g/mol. The van der Waals surface area contributed by atoms with Gasteiger partial charge < -0.3 is 4.74 Å². The van der Waals surface area contributed by atoms with Crippen LogP contribution < -0.4 is 0 Å². The van der Waals surface area contributed by atoms with Crippen molar-refractivity contribution in [1.82, 2.24) is 0 Å². The van der Waals surface area contributed by atoms with E-state index in [9.17, 15) is 4.79 Å². The number of carbonyl (C=O) groups is 1. The van der Waals surface area contributed by atoms with Crippen LogP contribution in [0.1, 0.15) is 78.1 Å². The van der Waals surface area contributed by atoms with E-state index in [0.717, 1.165) is 6.42 Å². The lowest BCUT2D eigenvalue weighted by atomic mass is 10.1. The smallest absolute Gasteiger partial charge is 0.306 e. The van der Waals surface area contributed by atoms with E-state index in [1.54, 1.807) is 6.08 Å². The molecule has 2 heteroatoms. The van der Waals surface area contributed by atoms with Crippen molar-refractivity contribution >= 4 is 5.97 Å². The predicted molar refractivity (Wildman–Crippen MR) is 103 cm³/mol. The second kappa shape index (κ2) is 19.3. The molecule has 0 saturated heterocycles. The number of ether oxygens (including phenoxy) is 1. The van der Waals surface area contributed by atoms with Gasteiger partial charge in [0.15, 0.2) is 0 Å². The van der Waals surface area contributed by atoms with Gasteiger partial charge in [0.05, 0.1) is 6.61 Å². The van der Waals surface area contributed by atoms with Gasteiger partial charge in [-0.25, -0.2) is 0 Å². The number of esters is 1. The van der Waals surface area contributed by atoms with E-state index in [1.807, 2.05) is 31.2 Å². The van der Waals surface area contributed by atoms with Crippen molar-refractivity contribution in [3.05, 3.63) is 47.9 Å². The molecule has 0 rings (SSSR count). The van der Waals surface area contributed by atoms with Crippen LogP contribution in [0.15, 0.2) is 47.9 Å². The summed E-state index contributed by atoms with van der Waals surface area (Å²) in [7, 11) is 0. The Hall–Kier alpha value is -1.75. The van der Waals surface area contributed by atoms with Crippen LogP contribution in [0, 0.1) is 0 Å². The Labute approximate surface area is 148 Å². The van der Waals surface area contributed by atoms with Crippen LogP contribution in [0.3, 0.4) is 0 Å². The molecule has 0 spiro atoms. The molecule has 0 aliphatic carbocycles. The van der Waals surface area contributed by atoms with Gasteiger partial charge in [-0.3, -0.25) is 4.79 Å². The Balaban J connectivity index is 3.62. The van der Waals surface area contributed by atoms with Crippen LogP contribution in [0.4, 0.5) is 0 Å². The monoisotopic (exact) mass is 330 g/mol. The van der Waals surface area contributed by atoms with Crippen LogP contribution in [0.25, 0.3) is 0 Å². The fourth-order valence-electron chi connectivity index (χ4n) is 2.17. The molecule has 0 unspecified atom stereocenters. The molecule has 0 aliphatic heterocycles. The van der Waals surface area contributed by atoms with E-state index in [1.165, 1.54) is 44.9 Å². The molecule has 0 atom stereocenters. The van der Waals surface area contributed by atoms with Crippen molar-refractivity contribution in [1.29, 1.82) is 0 Å². The number of rotatable bonds is 14. The molecule has 0 radical (unpaired) electrons. The van der Waals surface area contributed by atoms with Crippen LogP contribution in [-0.4, -0.2) is 12.6 Å². The molecular formula is C22H34O2. The van der Waals surface area contributed by atoms with E-state index in [4.69, 9.17) is 4.74 Å². The molecule has 0 heterocycles. The van der Waals surface area contributed by atoms with Crippen molar-refractivity contribution in [2.24, 2.45) is 0 Å². The average Bonchev–Trinajstić information content (AvgIpc) is 2.58. The molecule has 2 nitrogen and oxygen atoms in total. The third-order valence-electron chi connectivity index (χ3n) is 3.51. The van der Waals surface area contributed by atoms with E-state index in [2.05, 4.69) is 24.5 Å². The zero-order valence-electron chi connectivity index (χ0n) is 15.6. The van der Waals surface area contributed by atoms with Crippen molar-refractivity contribution in [3.63, 3.8) is 0 Å². The maximum Gasteiger partial charge on any atom is 0.306 e. The molecule has 134 valence electrons. The van der Waals surface area contributed by atoms with Gasteiger partial charge in [0, 0.05) is 6.42 Å². The van der Waals surface area contributed by atoms with Crippen molar-refractivity contribution < 1.29 is 9.53 Å². The summed E-state index contributed by atoms with van der Waals surface area (Å²) in [5, 5.41) is 0. The summed E-state index contributed by atoms with van der Waals surface area (Å²) in [6, 6.07) is 0. The number of carbonyl (C=O) groups excluding carboxylic acids is 1. The third kappa shape index (κ3) is 18.3. The molecule has 0 aromatic carbocycles. The topological polar surface area (TPSA) is 26.3 Å². The van der Waals surface area contributed by atoms with Gasteiger partial charge in [0.2, 0.25) is 0 Å². The quantitative estimate of drug-likeness (QED) is 0.158. The molecule has 0 amide bonds. The highest BCUT2D eigenvalue weighted by molar-refractivity contribution is 5.69. The van der Waals surface area contributed by atoms with Crippen LogP contribution in [0.5, 0.6) is 0 Å². The summed E-state index contributed by atoms with van der Waals surface area (Å²) < 4.78 is 4.85. The first-order valence-corrected chi connectivity index (χ1v) is 9.44. The Bertz CT molecular complexity index is 445. The molecule has 0 N–H and O–H groups in total. The predicted octanol–water partition coefficient (Wildman–Crippen LogP) is 6.45. The summed E-state index contributed by atoms with van der Waals surface area (Å²) in [5.74, 6) is -0.146. The molecule has 0 aromatic rings. The molecule has 24 heavy (non-hydrogen) atoms. The zero-order chi connectivity index (χ0) is 17.7. The number of allylic oxidation sites excluding steroid dienone is 6. The van der Waals surface area contributed by atoms with Crippen LogP contribution in [0.2, 0.25) is 0 Å². The molecule has 0 aromatic heterocycles. The van der Waals surface area contributed by atoms with Crippen molar-refractivity contribution in [2.75, 3.05) is 6.61 Å². The summed E-state index contributed by atoms with van der Waals surface area (Å²) in [6.45, 7) is 4.52. The zero-order valence-corrected chi connectivity index (χ0v) is 15.6. The normalized spacial score (nSPS) is 10.6. The van der Waals surface area contributed by atoms with E-state index < -0.39 is 0 Å². The highest BCUT2D eigenvalue weighted by atomic mass is 16.5. The van der Waals surface area contributed by atoms with Gasteiger partial charge in [0.1, 0.15) is 0 Å². The Morgan fingerprint density at radius 2 is 1.42 bits per heavy atom. The lowest BCUT2D eigenvalue weighted by Gasteiger charge is -1.98. The van der Waals surface area contributed by atoms with Gasteiger partial charge in [-0.2, -0.15) is 0 Å². The Morgan fingerprint density at radius 3 is 2.04 bits per heavy atom. The first-order valence-electron chi connectivity index (χ1n) is 9.44. The fraction of sp³-hybridized carbons (Fsp3) is 0.591. The number of hydrogen-bond acceptors (Lipinski definition) is 2. The molecule has 0 bridgehead atoms. The van der Waals surface area contributed by atoms with Crippen LogP contribution >= 0.6 is 0 Å². The summed E-state index contributed by atoms with van der Waals surface area (Å²) in [4.78, 5) is 11.1. The minimum absolute atomic E-state index is 0.146. The van der Waals surface area contributed by atoms with Crippen molar-refractivity contribution in [3.8, 4) is 0 Å². The lowest BCUT2D eigenvalue weighted by molar-refractivity contribution is -0.142. The minimum Gasteiger partial charge on any atom is -0.466 e. The minimum atomic E-state index is -0.146. The van der Waals surface area contributed by atoms with E-state index in [0.29, 0.717) is 19.4 Å². The second-order valence-corrected chi connectivity index (χ2v) is 5.73. The van der Waals surface area contributed by atoms with E-state index >= 15 is 0 Å². The van der Waals surface area contributed by atoms with Gasteiger partial charge >= 0.3 is 5.97 Å². The van der Waals surface area contributed by atoms with Crippen LogP contribution in [-0.2, 0) is 9.53 Å². The molecule has 0 fully saturated rings. The average molecular weight is 331 g/mol. The Morgan fingerprint density at radius 1 is 0.833 bits per heavy atom. The SMILES string of the molecule is CCCCCCCCC/C=C/C=C=C=C/C=C/CCC(=O)OCC. The molecule has 0 saturated carbocycles. The number of unbranched alkanes of at least 4 members (excludes halogenated alkanes) is 7.